The van der Waals surface area contributed by atoms with E-state index < -0.39 is 5.97 Å². The Bertz CT molecular complexity index is 599. The lowest BCUT2D eigenvalue weighted by Gasteiger charge is -2.23. The Morgan fingerprint density at radius 3 is 2.68 bits per heavy atom. The van der Waals surface area contributed by atoms with Gasteiger partial charge in [-0.15, -0.1) is 0 Å². The molecule has 0 aliphatic rings. The predicted molar refractivity (Wildman–Crippen MR) is 72.9 cm³/mol. The molecular weight excluding hydrogens is 242 g/mol. The lowest BCUT2D eigenvalue weighted by molar-refractivity contribution is 0.0691. The number of aromatic carboxylic acids is 1. The first kappa shape index (κ1) is 13.0. The van der Waals surface area contributed by atoms with E-state index in [1.54, 1.807) is 0 Å². The van der Waals surface area contributed by atoms with Crippen molar-refractivity contribution in [3.05, 3.63) is 47.9 Å². The van der Waals surface area contributed by atoms with Crippen molar-refractivity contribution in [1.29, 1.82) is 0 Å². The molecule has 5 heteroatoms. The molecule has 2 aromatic rings. The van der Waals surface area contributed by atoms with Crippen LogP contribution in [0.1, 0.15) is 23.0 Å². The fourth-order valence-electron chi connectivity index (χ4n) is 1.93. The Kier molecular flexibility index (Phi) is 3.75. The average Bonchev–Trinajstić information content (AvgIpc) is 2.40. The number of carbonyl (C=O) groups is 1. The highest BCUT2D eigenvalue weighted by molar-refractivity contribution is 5.92. The number of nitrogens with zero attached hydrogens (tertiary/aromatic N) is 3. The lowest BCUT2D eigenvalue weighted by atomic mass is 10.2. The van der Waals surface area contributed by atoms with Gasteiger partial charge in [-0.25, -0.2) is 14.8 Å². The van der Waals surface area contributed by atoms with E-state index in [0.717, 1.165) is 11.3 Å². The van der Waals surface area contributed by atoms with E-state index in [1.807, 2.05) is 43.0 Å². The van der Waals surface area contributed by atoms with Gasteiger partial charge in [0.05, 0.1) is 0 Å². The number of hydrogen-bond donors (Lipinski definition) is 1. The quantitative estimate of drug-likeness (QED) is 0.912. The zero-order valence-corrected chi connectivity index (χ0v) is 10.9. The molecule has 0 amide bonds. The van der Waals surface area contributed by atoms with Crippen LogP contribution in [0.15, 0.2) is 36.7 Å². The van der Waals surface area contributed by atoms with Crippen LogP contribution in [0, 0.1) is 6.92 Å². The number of carboxylic acids is 1. The van der Waals surface area contributed by atoms with Crippen LogP contribution in [0.5, 0.6) is 0 Å². The SMILES string of the molecule is CCN(c1cccc(C)c1)c1nccnc1C(=O)O. The Hall–Kier alpha value is -2.43. The minimum atomic E-state index is -1.07. The Morgan fingerprint density at radius 2 is 2.05 bits per heavy atom. The average molecular weight is 257 g/mol. The van der Waals surface area contributed by atoms with Gasteiger partial charge in [0.25, 0.3) is 0 Å². The van der Waals surface area contributed by atoms with E-state index in [2.05, 4.69) is 9.97 Å². The van der Waals surface area contributed by atoms with E-state index in [4.69, 9.17) is 0 Å². The summed E-state index contributed by atoms with van der Waals surface area (Å²) in [4.78, 5) is 21.1. The van der Waals surface area contributed by atoms with Gasteiger partial charge in [-0.1, -0.05) is 12.1 Å². The third-order valence-electron chi connectivity index (χ3n) is 2.77. The predicted octanol–water partition coefficient (Wildman–Crippen LogP) is 2.64. The van der Waals surface area contributed by atoms with Crippen LogP contribution in [0.25, 0.3) is 0 Å². The molecule has 0 saturated carbocycles. The van der Waals surface area contributed by atoms with Crippen LogP contribution >= 0.6 is 0 Å². The van der Waals surface area contributed by atoms with Gasteiger partial charge >= 0.3 is 5.97 Å². The van der Waals surface area contributed by atoms with Gasteiger partial charge in [-0.05, 0) is 31.5 Å². The van der Waals surface area contributed by atoms with E-state index in [-0.39, 0.29) is 5.69 Å². The van der Waals surface area contributed by atoms with Gasteiger partial charge in [-0.2, -0.15) is 0 Å². The Labute approximate surface area is 111 Å². The Balaban J connectivity index is 2.51. The number of anilines is 2. The third-order valence-corrected chi connectivity index (χ3v) is 2.77. The molecule has 1 heterocycles. The number of carboxylic acid groups (broad SMARTS) is 1. The summed E-state index contributed by atoms with van der Waals surface area (Å²) < 4.78 is 0. The summed E-state index contributed by atoms with van der Waals surface area (Å²) >= 11 is 0. The molecule has 98 valence electrons. The van der Waals surface area contributed by atoms with Crippen LogP contribution in [0.4, 0.5) is 11.5 Å². The van der Waals surface area contributed by atoms with Gasteiger partial charge in [0, 0.05) is 24.6 Å². The number of hydrogen-bond acceptors (Lipinski definition) is 4. The van der Waals surface area contributed by atoms with Gasteiger partial charge in [0.15, 0.2) is 11.5 Å². The highest BCUT2D eigenvalue weighted by atomic mass is 16.4. The molecule has 0 spiro atoms. The van der Waals surface area contributed by atoms with Gasteiger partial charge in [0.2, 0.25) is 0 Å². The molecule has 0 bridgehead atoms. The van der Waals surface area contributed by atoms with Crippen LogP contribution in [0.3, 0.4) is 0 Å². The van der Waals surface area contributed by atoms with Crippen LogP contribution in [-0.4, -0.2) is 27.6 Å². The van der Waals surface area contributed by atoms with Gasteiger partial charge in [-0.3, -0.25) is 0 Å². The minimum Gasteiger partial charge on any atom is -0.476 e. The zero-order valence-electron chi connectivity index (χ0n) is 10.9. The van der Waals surface area contributed by atoms with Crippen molar-refractivity contribution >= 4 is 17.5 Å². The topological polar surface area (TPSA) is 66.3 Å². The molecule has 5 nitrogen and oxygen atoms in total. The molecule has 1 aromatic carbocycles. The van der Waals surface area contributed by atoms with E-state index in [1.165, 1.54) is 12.4 Å². The van der Waals surface area contributed by atoms with E-state index >= 15 is 0 Å². The first-order valence-corrected chi connectivity index (χ1v) is 6.02. The molecule has 2 rings (SSSR count). The number of rotatable bonds is 4. The van der Waals surface area contributed by atoms with E-state index in [0.29, 0.717) is 12.4 Å². The van der Waals surface area contributed by atoms with E-state index in [9.17, 15) is 9.90 Å². The summed E-state index contributed by atoms with van der Waals surface area (Å²) in [5, 5.41) is 9.18. The second-order valence-electron chi connectivity index (χ2n) is 4.12. The summed E-state index contributed by atoms with van der Waals surface area (Å²) in [6.07, 6.45) is 2.89. The highest BCUT2D eigenvalue weighted by Crippen LogP contribution is 2.25. The minimum absolute atomic E-state index is 0.0362. The van der Waals surface area contributed by atoms with Crippen molar-refractivity contribution in [3.63, 3.8) is 0 Å². The summed E-state index contributed by atoms with van der Waals surface area (Å²) in [7, 11) is 0. The molecule has 0 atom stereocenters. The maximum atomic E-state index is 11.2. The lowest BCUT2D eigenvalue weighted by Crippen LogP contribution is -2.21. The van der Waals surface area contributed by atoms with Crippen molar-refractivity contribution in [2.45, 2.75) is 13.8 Å². The smallest absolute Gasteiger partial charge is 0.358 e. The second kappa shape index (κ2) is 5.48. The molecule has 1 N–H and O–H groups in total. The molecule has 0 unspecified atom stereocenters. The first-order valence-electron chi connectivity index (χ1n) is 6.02. The summed E-state index contributed by atoms with van der Waals surface area (Å²) in [5.74, 6) is -0.711. The second-order valence-corrected chi connectivity index (χ2v) is 4.12. The third kappa shape index (κ3) is 2.70. The van der Waals surface area contributed by atoms with Crippen molar-refractivity contribution in [1.82, 2.24) is 9.97 Å². The van der Waals surface area contributed by atoms with Crippen molar-refractivity contribution in [3.8, 4) is 0 Å². The molecule has 0 aliphatic carbocycles. The molecular formula is C14H15N3O2. The largest absolute Gasteiger partial charge is 0.476 e. The standard InChI is InChI=1S/C14H15N3O2/c1-3-17(11-6-4-5-10(2)9-11)13-12(14(18)19)15-7-8-16-13/h4-9H,3H2,1-2H3,(H,18,19). The monoisotopic (exact) mass is 257 g/mol. The molecule has 0 saturated heterocycles. The normalized spacial score (nSPS) is 10.2. The summed E-state index contributed by atoms with van der Waals surface area (Å²) in [6.45, 7) is 4.55. The molecule has 0 aliphatic heterocycles. The number of aromatic nitrogens is 2. The number of benzene rings is 1. The number of aryl methyl sites for hydroxylation is 1. The van der Waals surface area contributed by atoms with Crippen molar-refractivity contribution in [2.24, 2.45) is 0 Å². The fourth-order valence-corrected chi connectivity index (χ4v) is 1.93. The highest BCUT2D eigenvalue weighted by Gasteiger charge is 2.18. The first-order chi connectivity index (χ1) is 9.13. The van der Waals surface area contributed by atoms with Crippen molar-refractivity contribution in [2.75, 3.05) is 11.4 Å². The maximum absolute atomic E-state index is 11.2. The van der Waals surface area contributed by atoms with Crippen LogP contribution < -0.4 is 4.90 Å². The summed E-state index contributed by atoms with van der Waals surface area (Å²) in [5.41, 5.74) is 1.98. The summed E-state index contributed by atoms with van der Waals surface area (Å²) in [6, 6.07) is 7.84. The molecule has 1 aromatic heterocycles. The van der Waals surface area contributed by atoms with Crippen molar-refractivity contribution < 1.29 is 9.90 Å². The van der Waals surface area contributed by atoms with Gasteiger partial charge < -0.3 is 10.0 Å². The fraction of sp³-hybridized carbons (Fsp3) is 0.214. The molecule has 19 heavy (non-hydrogen) atoms. The van der Waals surface area contributed by atoms with Crippen LogP contribution in [-0.2, 0) is 0 Å². The van der Waals surface area contributed by atoms with Crippen LogP contribution in [0.2, 0.25) is 0 Å². The molecule has 0 radical (unpaired) electrons. The molecule has 0 fully saturated rings. The van der Waals surface area contributed by atoms with Gasteiger partial charge in [0.1, 0.15) is 0 Å². The maximum Gasteiger partial charge on any atom is 0.358 e. The Morgan fingerprint density at radius 1 is 1.32 bits per heavy atom. The zero-order chi connectivity index (χ0) is 13.8.